The summed E-state index contributed by atoms with van der Waals surface area (Å²) in [5.41, 5.74) is 2.49. The van der Waals surface area contributed by atoms with E-state index in [1.54, 1.807) is 21.3 Å². The van der Waals surface area contributed by atoms with Crippen LogP contribution in [0.3, 0.4) is 0 Å². The molecule has 1 aromatic rings. The van der Waals surface area contributed by atoms with Gasteiger partial charge in [-0.2, -0.15) is 0 Å². The van der Waals surface area contributed by atoms with Crippen molar-refractivity contribution < 1.29 is 30.2 Å². The summed E-state index contributed by atoms with van der Waals surface area (Å²) in [6.07, 6.45) is 2.88. The molecule has 23 heavy (non-hydrogen) atoms. The fourth-order valence-electron chi connectivity index (χ4n) is 2.61. The zero-order valence-electron chi connectivity index (χ0n) is 15.0. The highest BCUT2D eigenvalue weighted by molar-refractivity contribution is 6.60. The molecular formula is C17H30ClNO3Si. The molecule has 1 rings (SSSR count). The van der Waals surface area contributed by atoms with Gasteiger partial charge < -0.3 is 30.2 Å². The lowest BCUT2D eigenvalue weighted by atomic mass is 10.1. The lowest BCUT2D eigenvalue weighted by molar-refractivity contribution is -0.903. The number of hydrogen-bond donors (Lipinski definition) is 0. The zero-order valence-corrected chi connectivity index (χ0v) is 16.7. The average molecular weight is 360 g/mol. The predicted octanol–water partition coefficient (Wildman–Crippen LogP) is 0.178. The van der Waals surface area contributed by atoms with Gasteiger partial charge in [0, 0.05) is 39.4 Å². The number of quaternary nitrogens is 1. The van der Waals surface area contributed by atoms with Crippen LogP contribution in [0, 0.1) is 0 Å². The first-order chi connectivity index (χ1) is 10.4. The van der Waals surface area contributed by atoms with Gasteiger partial charge >= 0.3 is 8.80 Å². The Morgan fingerprint density at radius 1 is 1.04 bits per heavy atom. The van der Waals surface area contributed by atoms with E-state index in [1.165, 1.54) is 5.56 Å². The minimum Gasteiger partial charge on any atom is -1.00 e. The lowest BCUT2D eigenvalue weighted by Crippen LogP contribution is -3.00. The molecule has 0 fully saturated rings. The molecule has 1 aromatic carbocycles. The summed E-state index contributed by atoms with van der Waals surface area (Å²) in [4.78, 5) is 0. The van der Waals surface area contributed by atoms with Gasteiger partial charge in [0.15, 0.2) is 0 Å². The van der Waals surface area contributed by atoms with Gasteiger partial charge in [-0.3, -0.25) is 0 Å². The Labute approximate surface area is 148 Å². The number of hydrogen-bond acceptors (Lipinski definition) is 3. The monoisotopic (exact) mass is 359 g/mol. The molecule has 0 bridgehead atoms. The molecule has 0 saturated carbocycles. The molecule has 0 spiro atoms. The summed E-state index contributed by atoms with van der Waals surface area (Å²) in [5, 5.41) is 0. The van der Waals surface area contributed by atoms with Crippen LogP contribution in [0.1, 0.15) is 17.5 Å². The number of halogens is 1. The lowest BCUT2D eigenvalue weighted by Gasteiger charge is -2.31. The Morgan fingerprint density at radius 2 is 1.57 bits per heavy atom. The highest BCUT2D eigenvalue weighted by Crippen LogP contribution is 2.18. The van der Waals surface area contributed by atoms with E-state index in [1.807, 2.05) is 6.08 Å². The Hall–Kier alpha value is -0.693. The Kier molecular flexibility index (Phi) is 9.92. The van der Waals surface area contributed by atoms with Crippen molar-refractivity contribution in [2.45, 2.75) is 19.0 Å². The molecule has 0 aliphatic heterocycles. The second-order valence-electron chi connectivity index (χ2n) is 6.16. The molecule has 6 heteroatoms. The zero-order chi connectivity index (χ0) is 16.6. The fourth-order valence-corrected chi connectivity index (χ4v) is 4.32. The van der Waals surface area contributed by atoms with Crippen molar-refractivity contribution in [3.05, 3.63) is 42.0 Å². The van der Waals surface area contributed by atoms with Crippen molar-refractivity contribution in [3.8, 4) is 0 Å². The molecule has 0 aliphatic rings. The van der Waals surface area contributed by atoms with Crippen molar-refractivity contribution >= 4 is 14.9 Å². The van der Waals surface area contributed by atoms with Crippen molar-refractivity contribution in [1.29, 1.82) is 0 Å². The molecule has 132 valence electrons. The molecule has 0 atom stereocenters. The molecule has 0 aliphatic carbocycles. The Bertz CT molecular complexity index is 453. The van der Waals surface area contributed by atoms with Crippen LogP contribution in [0.4, 0.5) is 0 Å². The van der Waals surface area contributed by atoms with Crippen LogP contribution in [0.2, 0.25) is 6.04 Å². The maximum absolute atomic E-state index is 5.47. The molecular weight excluding hydrogens is 330 g/mol. The first kappa shape index (κ1) is 22.3. The number of benzene rings is 1. The Balaban J connectivity index is 0.00000484. The molecule has 0 saturated heterocycles. The van der Waals surface area contributed by atoms with Gasteiger partial charge in [0.2, 0.25) is 0 Å². The van der Waals surface area contributed by atoms with Crippen LogP contribution in [0.25, 0.3) is 6.08 Å². The van der Waals surface area contributed by atoms with Gasteiger partial charge in [-0.25, -0.2) is 0 Å². The molecule has 4 nitrogen and oxygen atoms in total. The van der Waals surface area contributed by atoms with E-state index < -0.39 is 8.80 Å². The van der Waals surface area contributed by atoms with Gasteiger partial charge in [-0.05, 0) is 5.56 Å². The number of rotatable bonds is 10. The normalized spacial score (nSPS) is 11.9. The maximum Gasteiger partial charge on any atom is 0.500 e. The van der Waals surface area contributed by atoms with Crippen LogP contribution in [0.15, 0.2) is 30.8 Å². The first-order valence-electron chi connectivity index (χ1n) is 7.59. The number of nitrogens with zero attached hydrogens (tertiary/aromatic N) is 1. The Morgan fingerprint density at radius 3 is 2.00 bits per heavy atom. The molecule has 0 N–H and O–H groups in total. The first-order valence-corrected chi connectivity index (χ1v) is 9.52. The summed E-state index contributed by atoms with van der Waals surface area (Å²) < 4.78 is 17.3. The minimum atomic E-state index is -2.44. The predicted molar refractivity (Wildman–Crippen MR) is 93.4 cm³/mol. The van der Waals surface area contributed by atoms with Crippen LogP contribution >= 0.6 is 0 Å². The van der Waals surface area contributed by atoms with E-state index in [9.17, 15) is 0 Å². The maximum atomic E-state index is 5.47. The molecule has 0 aromatic heterocycles. The van der Waals surface area contributed by atoms with Gasteiger partial charge in [0.25, 0.3) is 0 Å². The van der Waals surface area contributed by atoms with Crippen LogP contribution in [-0.2, 0) is 19.8 Å². The summed E-state index contributed by atoms with van der Waals surface area (Å²) in [7, 11) is 7.05. The quantitative estimate of drug-likeness (QED) is 0.440. The highest BCUT2D eigenvalue weighted by Gasteiger charge is 2.37. The standard InChI is InChI=1S/C17H30NO3Si.ClH/c1-7-16-9-11-17(12-10-16)15-18(2,3)13-8-14-22(19-4,20-5)21-6;/h7,9-12H,1,8,13-15H2,2-6H3;1H/q+1;/p-1. The second kappa shape index (κ2) is 10.2. The van der Waals surface area contributed by atoms with E-state index in [4.69, 9.17) is 13.3 Å². The molecule has 0 amide bonds. The van der Waals surface area contributed by atoms with E-state index in [2.05, 4.69) is 44.9 Å². The van der Waals surface area contributed by atoms with E-state index in [-0.39, 0.29) is 12.4 Å². The van der Waals surface area contributed by atoms with Crippen LogP contribution in [-0.4, -0.2) is 55.3 Å². The van der Waals surface area contributed by atoms with Gasteiger partial charge in [0.1, 0.15) is 6.54 Å². The van der Waals surface area contributed by atoms with Gasteiger partial charge in [0.05, 0.1) is 20.6 Å². The molecule has 0 heterocycles. The van der Waals surface area contributed by atoms with E-state index in [0.29, 0.717) is 0 Å². The van der Waals surface area contributed by atoms with Crippen molar-refractivity contribution in [2.24, 2.45) is 0 Å². The van der Waals surface area contributed by atoms with Crippen molar-refractivity contribution in [1.82, 2.24) is 0 Å². The van der Waals surface area contributed by atoms with Crippen LogP contribution in [0.5, 0.6) is 0 Å². The van der Waals surface area contributed by atoms with Gasteiger partial charge in [-0.1, -0.05) is 36.9 Å². The van der Waals surface area contributed by atoms with Crippen molar-refractivity contribution in [2.75, 3.05) is 42.0 Å². The van der Waals surface area contributed by atoms with Crippen LogP contribution < -0.4 is 12.4 Å². The summed E-state index contributed by atoms with van der Waals surface area (Å²) >= 11 is 0. The fraction of sp³-hybridized carbons (Fsp3) is 0.529. The van der Waals surface area contributed by atoms with Gasteiger partial charge in [-0.15, -0.1) is 0 Å². The SMILES string of the molecule is C=Cc1ccc(C[N+](C)(C)CCC[Si](OC)(OC)OC)cc1.[Cl-]. The highest BCUT2D eigenvalue weighted by atomic mass is 35.5. The molecule has 0 radical (unpaired) electrons. The summed E-state index contributed by atoms with van der Waals surface area (Å²) in [6, 6.07) is 9.42. The molecule has 0 unspecified atom stereocenters. The van der Waals surface area contributed by atoms with E-state index >= 15 is 0 Å². The van der Waals surface area contributed by atoms with Crippen molar-refractivity contribution in [3.63, 3.8) is 0 Å². The third kappa shape index (κ3) is 7.16. The third-order valence-corrected chi connectivity index (χ3v) is 6.84. The minimum absolute atomic E-state index is 0. The summed E-state index contributed by atoms with van der Waals surface area (Å²) in [6.45, 7) is 5.84. The topological polar surface area (TPSA) is 27.7 Å². The smallest absolute Gasteiger partial charge is 0.500 e. The van der Waals surface area contributed by atoms with E-state index in [0.717, 1.165) is 35.6 Å². The second-order valence-corrected chi connectivity index (χ2v) is 9.25. The third-order valence-electron chi connectivity index (χ3n) is 4.01. The average Bonchev–Trinajstić information content (AvgIpc) is 2.52. The largest absolute Gasteiger partial charge is 1.00 e. The summed E-state index contributed by atoms with van der Waals surface area (Å²) in [5.74, 6) is 0.